The lowest BCUT2D eigenvalue weighted by atomic mass is 10.1. The molecule has 0 aliphatic carbocycles. The Hall–Kier alpha value is -0.540. The molecule has 0 aliphatic rings. The van der Waals surface area contributed by atoms with Crippen LogP contribution in [0.15, 0.2) is 18.2 Å². The number of rotatable bonds is 5. The van der Waals surface area contributed by atoms with E-state index in [9.17, 15) is 4.79 Å². The SMILES string of the molecule is Cc1cc(Cl)cc(C(=O)NCC(C)CCBr)c1. The van der Waals surface area contributed by atoms with Crippen LogP contribution < -0.4 is 5.32 Å². The van der Waals surface area contributed by atoms with E-state index in [1.54, 1.807) is 6.07 Å². The number of carbonyl (C=O) groups is 1. The standard InChI is InChI=1S/C13H17BrClNO/c1-9(3-4-14)8-16-13(17)11-5-10(2)6-12(15)7-11/h5-7,9H,3-4,8H2,1-2H3,(H,16,17). The van der Waals surface area contributed by atoms with Gasteiger partial charge >= 0.3 is 0 Å². The van der Waals surface area contributed by atoms with Gasteiger partial charge in [0.1, 0.15) is 0 Å². The van der Waals surface area contributed by atoms with Crippen LogP contribution in [-0.2, 0) is 0 Å². The zero-order valence-electron chi connectivity index (χ0n) is 10.1. The van der Waals surface area contributed by atoms with E-state index in [1.165, 1.54) is 0 Å². The topological polar surface area (TPSA) is 29.1 Å². The minimum Gasteiger partial charge on any atom is -0.352 e. The second-order valence-electron chi connectivity index (χ2n) is 4.31. The number of hydrogen-bond donors (Lipinski definition) is 1. The first-order valence-electron chi connectivity index (χ1n) is 5.64. The second kappa shape index (κ2) is 7.02. The van der Waals surface area contributed by atoms with Crippen molar-refractivity contribution in [3.05, 3.63) is 34.3 Å². The van der Waals surface area contributed by atoms with E-state index in [-0.39, 0.29) is 5.91 Å². The quantitative estimate of drug-likeness (QED) is 0.822. The minimum absolute atomic E-state index is 0.0583. The molecule has 1 unspecified atom stereocenters. The lowest BCUT2D eigenvalue weighted by Gasteiger charge is -2.11. The molecule has 0 aliphatic heterocycles. The third-order valence-corrected chi connectivity index (χ3v) is 3.19. The van der Waals surface area contributed by atoms with Crippen LogP contribution in [0.3, 0.4) is 0 Å². The molecule has 17 heavy (non-hydrogen) atoms. The molecule has 0 fully saturated rings. The van der Waals surface area contributed by atoms with Gasteiger partial charge in [-0.3, -0.25) is 4.79 Å². The van der Waals surface area contributed by atoms with E-state index in [0.717, 1.165) is 17.3 Å². The molecule has 0 aromatic heterocycles. The number of alkyl halides is 1. The first kappa shape index (κ1) is 14.5. The van der Waals surface area contributed by atoms with E-state index in [4.69, 9.17) is 11.6 Å². The molecule has 0 saturated carbocycles. The Morgan fingerprint density at radius 2 is 2.18 bits per heavy atom. The van der Waals surface area contributed by atoms with E-state index in [0.29, 0.717) is 23.0 Å². The summed E-state index contributed by atoms with van der Waals surface area (Å²) < 4.78 is 0. The monoisotopic (exact) mass is 317 g/mol. The number of hydrogen-bond acceptors (Lipinski definition) is 1. The normalized spacial score (nSPS) is 12.2. The van der Waals surface area contributed by atoms with Crippen molar-refractivity contribution in [2.24, 2.45) is 5.92 Å². The molecule has 1 aromatic rings. The molecule has 1 rings (SSSR count). The number of benzene rings is 1. The summed E-state index contributed by atoms with van der Waals surface area (Å²) in [5.41, 5.74) is 1.62. The number of carbonyl (C=O) groups excluding carboxylic acids is 1. The summed E-state index contributed by atoms with van der Waals surface area (Å²) in [5, 5.41) is 4.48. The van der Waals surface area contributed by atoms with E-state index < -0.39 is 0 Å². The van der Waals surface area contributed by atoms with Crippen LogP contribution in [0.4, 0.5) is 0 Å². The Balaban J connectivity index is 2.58. The molecule has 0 heterocycles. The van der Waals surface area contributed by atoms with Crippen molar-refractivity contribution in [3.8, 4) is 0 Å². The molecular weight excluding hydrogens is 302 g/mol. The van der Waals surface area contributed by atoms with Crippen molar-refractivity contribution in [3.63, 3.8) is 0 Å². The summed E-state index contributed by atoms with van der Waals surface area (Å²) in [4.78, 5) is 11.9. The van der Waals surface area contributed by atoms with Crippen LogP contribution in [-0.4, -0.2) is 17.8 Å². The minimum atomic E-state index is -0.0583. The smallest absolute Gasteiger partial charge is 0.251 e. The van der Waals surface area contributed by atoms with Gasteiger partial charge in [-0.05, 0) is 43.0 Å². The molecule has 0 bridgehead atoms. The van der Waals surface area contributed by atoms with Crippen molar-refractivity contribution < 1.29 is 4.79 Å². The molecule has 1 amide bonds. The first-order chi connectivity index (χ1) is 8.02. The second-order valence-corrected chi connectivity index (χ2v) is 5.54. The Bertz CT molecular complexity index is 375. The summed E-state index contributed by atoms with van der Waals surface area (Å²) in [6, 6.07) is 5.38. The van der Waals surface area contributed by atoms with Crippen LogP contribution >= 0.6 is 27.5 Å². The largest absolute Gasteiger partial charge is 0.352 e. The molecule has 1 aromatic carbocycles. The van der Waals surface area contributed by atoms with Crippen molar-refractivity contribution in [2.75, 3.05) is 11.9 Å². The third-order valence-electron chi connectivity index (χ3n) is 2.52. The summed E-state index contributed by atoms with van der Waals surface area (Å²) in [6.45, 7) is 4.73. The Labute approximate surface area is 116 Å². The molecule has 0 spiro atoms. The lowest BCUT2D eigenvalue weighted by molar-refractivity contribution is 0.0948. The highest BCUT2D eigenvalue weighted by molar-refractivity contribution is 9.09. The zero-order chi connectivity index (χ0) is 12.8. The maximum absolute atomic E-state index is 11.9. The Morgan fingerprint density at radius 3 is 2.76 bits per heavy atom. The fraction of sp³-hybridized carbons (Fsp3) is 0.462. The number of aryl methyl sites for hydroxylation is 1. The van der Waals surface area contributed by atoms with Crippen LogP contribution in [0.25, 0.3) is 0 Å². The van der Waals surface area contributed by atoms with Crippen molar-refractivity contribution >= 4 is 33.4 Å². The molecule has 0 saturated heterocycles. The molecule has 1 N–H and O–H groups in total. The molecule has 1 atom stereocenters. The van der Waals surface area contributed by atoms with Gasteiger partial charge in [0, 0.05) is 22.5 Å². The highest BCUT2D eigenvalue weighted by Crippen LogP contribution is 2.14. The van der Waals surface area contributed by atoms with Crippen LogP contribution in [0.1, 0.15) is 29.3 Å². The average molecular weight is 319 g/mol. The third kappa shape index (κ3) is 5.09. The Kier molecular flexibility index (Phi) is 6.00. The number of halogens is 2. The summed E-state index contributed by atoms with van der Waals surface area (Å²) in [7, 11) is 0. The molecule has 0 radical (unpaired) electrons. The van der Waals surface area contributed by atoms with Crippen LogP contribution in [0.5, 0.6) is 0 Å². The van der Waals surface area contributed by atoms with Crippen molar-refractivity contribution in [1.82, 2.24) is 5.32 Å². The molecular formula is C13H17BrClNO. The summed E-state index contributed by atoms with van der Waals surface area (Å²) >= 11 is 9.31. The molecule has 4 heteroatoms. The maximum atomic E-state index is 11.9. The lowest BCUT2D eigenvalue weighted by Crippen LogP contribution is -2.28. The van der Waals surface area contributed by atoms with Gasteiger partial charge in [-0.15, -0.1) is 0 Å². The highest BCUT2D eigenvalue weighted by atomic mass is 79.9. The van der Waals surface area contributed by atoms with Gasteiger partial charge in [-0.25, -0.2) is 0 Å². The Morgan fingerprint density at radius 1 is 1.47 bits per heavy atom. The predicted molar refractivity (Wildman–Crippen MR) is 76.1 cm³/mol. The van der Waals surface area contributed by atoms with Crippen LogP contribution in [0.2, 0.25) is 5.02 Å². The van der Waals surface area contributed by atoms with E-state index in [1.807, 2.05) is 19.1 Å². The number of nitrogens with one attached hydrogen (secondary N) is 1. The van der Waals surface area contributed by atoms with Gasteiger partial charge in [-0.2, -0.15) is 0 Å². The predicted octanol–water partition coefficient (Wildman–Crippen LogP) is 3.80. The summed E-state index contributed by atoms with van der Waals surface area (Å²) in [5.74, 6) is 0.413. The van der Waals surface area contributed by atoms with Crippen molar-refractivity contribution in [1.29, 1.82) is 0 Å². The summed E-state index contributed by atoms with van der Waals surface area (Å²) in [6.07, 6.45) is 1.05. The molecule has 2 nitrogen and oxygen atoms in total. The van der Waals surface area contributed by atoms with Gasteiger partial charge in [0.15, 0.2) is 0 Å². The fourth-order valence-electron chi connectivity index (χ4n) is 1.52. The average Bonchev–Trinajstić information content (AvgIpc) is 2.25. The van der Waals surface area contributed by atoms with Crippen molar-refractivity contribution in [2.45, 2.75) is 20.3 Å². The maximum Gasteiger partial charge on any atom is 0.251 e. The van der Waals surface area contributed by atoms with Crippen LogP contribution in [0, 0.1) is 12.8 Å². The van der Waals surface area contributed by atoms with Gasteiger partial charge in [0.25, 0.3) is 5.91 Å². The first-order valence-corrected chi connectivity index (χ1v) is 7.14. The van der Waals surface area contributed by atoms with E-state index in [2.05, 4.69) is 28.2 Å². The highest BCUT2D eigenvalue weighted by Gasteiger charge is 2.08. The number of amides is 1. The van der Waals surface area contributed by atoms with E-state index >= 15 is 0 Å². The van der Waals surface area contributed by atoms with Gasteiger partial charge < -0.3 is 5.32 Å². The van der Waals surface area contributed by atoms with Gasteiger partial charge in [0.2, 0.25) is 0 Å². The zero-order valence-corrected chi connectivity index (χ0v) is 12.4. The van der Waals surface area contributed by atoms with Gasteiger partial charge in [0.05, 0.1) is 0 Å². The van der Waals surface area contributed by atoms with Gasteiger partial charge in [-0.1, -0.05) is 34.5 Å². The fourth-order valence-corrected chi connectivity index (χ4v) is 2.60. The molecule has 94 valence electrons.